The predicted molar refractivity (Wildman–Crippen MR) is 83.0 cm³/mol. The zero-order valence-electron chi connectivity index (χ0n) is 12.3. The number of nitrogens with zero attached hydrogens (tertiary/aromatic N) is 1. The monoisotopic (exact) mass is 283 g/mol. The zero-order valence-corrected chi connectivity index (χ0v) is 12.3. The van der Waals surface area contributed by atoms with E-state index in [1.165, 1.54) is 5.56 Å². The van der Waals surface area contributed by atoms with Crippen molar-refractivity contribution in [3.05, 3.63) is 59.4 Å². The quantitative estimate of drug-likeness (QED) is 0.669. The minimum atomic E-state index is 0.105. The molecular formula is C17H21N3O. The molecule has 3 N–H and O–H groups in total. The molecule has 110 valence electrons. The molecule has 2 heterocycles. The van der Waals surface area contributed by atoms with Gasteiger partial charge in [-0.25, -0.2) is 0 Å². The van der Waals surface area contributed by atoms with Crippen LogP contribution in [0.15, 0.2) is 42.7 Å². The maximum atomic E-state index is 5.78. The summed E-state index contributed by atoms with van der Waals surface area (Å²) in [6.07, 6.45) is 5.72. The van der Waals surface area contributed by atoms with Crippen LogP contribution >= 0.6 is 0 Å². The van der Waals surface area contributed by atoms with Gasteiger partial charge in [0.15, 0.2) is 0 Å². The third-order valence-corrected chi connectivity index (χ3v) is 4.10. The van der Waals surface area contributed by atoms with E-state index in [-0.39, 0.29) is 6.04 Å². The largest absolute Gasteiger partial charge is 0.493 e. The van der Waals surface area contributed by atoms with E-state index in [0.717, 1.165) is 36.3 Å². The van der Waals surface area contributed by atoms with Crippen LogP contribution in [-0.2, 0) is 0 Å². The number of pyridine rings is 1. The molecule has 2 unspecified atom stereocenters. The van der Waals surface area contributed by atoms with Crippen LogP contribution < -0.4 is 16.0 Å². The Bertz CT molecular complexity index is 614. The summed E-state index contributed by atoms with van der Waals surface area (Å²) in [4.78, 5) is 4.27. The number of aromatic nitrogens is 1. The average molecular weight is 283 g/mol. The lowest BCUT2D eigenvalue weighted by molar-refractivity contribution is 0.255. The summed E-state index contributed by atoms with van der Waals surface area (Å²) >= 11 is 0. The van der Waals surface area contributed by atoms with E-state index in [2.05, 4.69) is 28.6 Å². The van der Waals surface area contributed by atoms with Gasteiger partial charge in [-0.2, -0.15) is 0 Å². The molecule has 1 aromatic carbocycles. The van der Waals surface area contributed by atoms with Gasteiger partial charge in [-0.1, -0.05) is 24.3 Å². The van der Waals surface area contributed by atoms with Gasteiger partial charge in [0.2, 0.25) is 0 Å². The Kier molecular flexibility index (Phi) is 4.18. The lowest BCUT2D eigenvalue weighted by Crippen LogP contribution is -2.30. The Morgan fingerprint density at radius 1 is 1.38 bits per heavy atom. The smallest absolute Gasteiger partial charge is 0.122 e. The predicted octanol–water partition coefficient (Wildman–Crippen LogP) is 2.85. The number of fused-ring (bicyclic) bond motifs is 1. The molecule has 0 amide bonds. The molecule has 0 aliphatic carbocycles. The first-order valence-corrected chi connectivity index (χ1v) is 7.37. The molecule has 2 atom stereocenters. The lowest BCUT2D eigenvalue weighted by atomic mass is 9.86. The summed E-state index contributed by atoms with van der Waals surface area (Å²) in [6.45, 7) is 2.82. The van der Waals surface area contributed by atoms with Crippen molar-refractivity contribution in [3.63, 3.8) is 0 Å². The van der Waals surface area contributed by atoms with Crippen molar-refractivity contribution in [2.75, 3.05) is 6.61 Å². The van der Waals surface area contributed by atoms with Crippen LogP contribution in [-0.4, -0.2) is 11.6 Å². The standard InChI is InChI=1S/C17H21N3O/c1-12-8-14(11-19-10-12)16(20-18)9-13-6-7-21-17-5-3-2-4-15(13)17/h2-5,8,10-11,13,16,20H,6-7,9,18H2,1H3. The van der Waals surface area contributed by atoms with Crippen LogP contribution in [0.25, 0.3) is 0 Å². The molecular weight excluding hydrogens is 262 g/mol. The summed E-state index contributed by atoms with van der Waals surface area (Å²) in [5.74, 6) is 7.24. The number of benzene rings is 1. The number of para-hydroxylation sites is 1. The lowest BCUT2D eigenvalue weighted by Gasteiger charge is -2.29. The SMILES string of the molecule is Cc1cncc(C(CC2CCOc3ccccc32)NN)c1. The van der Waals surface area contributed by atoms with Gasteiger partial charge < -0.3 is 4.74 Å². The van der Waals surface area contributed by atoms with Crippen LogP contribution in [0.3, 0.4) is 0 Å². The Labute approximate surface area is 125 Å². The van der Waals surface area contributed by atoms with E-state index in [0.29, 0.717) is 5.92 Å². The average Bonchev–Trinajstić information content (AvgIpc) is 2.52. The van der Waals surface area contributed by atoms with Crippen molar-refractivity contribution in [1.29, 1.82) is 0 Å². The number of nitrogens with one attached hydrogen (secondary N) is 1. The van der Waals surface area contributed by atoms with Crippen molar-refractivity contribution in [1.82, 2.24) is 10.4 Å². The van der Waals surface area contributed by atoms with Gasteiger partial charge in [0.1, 0.15) is 5.75 Å². The van der Waals surface area contributed by atoms with Gasteiger partial charge in [0, 0.05) is 18.4 Å². The van der Waals surface area contributed by atoms with E-state index in [1.807, 2.05) is 31.5 Å². The highest BCUT2D eigenvalue weighted by Crippen LogP contribution is 2.38. The number of hydrogen-bond acceptors (Lipinski definition) is 4. The number of ether oxygens (including phenoxy) is 1. The van der Waals surface area contributed by atoms with E-state index >= 15 is 0 Å². The van der Waals surface area contributed by atoms with Crippen LogP contribution in [0.4, 0.5) is 0 Å². The number of nitrogens with two attached hydrogens (primary N) is 1. The first-order chi connectivity index (χ1) is 10.3. The molecule has 4 nitrogen and oxygen atoms in total. The van der Waals surface area contributed by atoms with E-state index in [1.54, 1.807) is 0 Å². The summed E-state index contributed by atoms with van der Waals surface area (Å²) < 4.78 is 5.73. The van der Waals surface area contributed by atoms with Gasteiger partial charge in [0.25, 0.3) is 0 Å². The summed E-state index contributed by atoms with van der Waals surface area (Å²) in [6, 6.07) is 10.5. The summed E-state index contributed by atoms with van der Waals surface area (Å²) in [5.41, 5.74) is 6.52. The first kappa shape index (κ1) is 14.0. The van der Waals surface area contributed by atoms with Gasteiger partial charge in [-0.05, 0) is 48.4 Å². The Hall–Kier alpha value is -1.91. The van der Waals surface area contributed by atoms with Crippen LogP contribution in [0.5, 0.6) is 5.75 Å². The molecule has 0 radical (unpaired) electrons. The van der Waals surface area contributed by atoms with E-state index < -0.39 is 0 Å². The highest BCUT2D eigenvalue weighted by molar-refractivity contribution is 5.38. The molecule has 0 saturated heterocycles. The Balaban J connectivity index is 1.82. The molecule has 1 aliphatic heterocycles. The van der Waals surface area contributed by atoms with Gasteiger partial charge >= 0.3 is 0 Å². The maximum Gasteiger partial charge on any atom is 0.122 e. The van der Waals surface area contributed by atoms with Gasteiger partial charge in [0.05, 0.1) is 6.61 Å². The fourth-order valence-electron chi connectivity index (χ4n) is 3.01. The van der Waals surface area contributed by atoms with E-state index in [9.17, 15) is 0 Å². The topological polar surface area (TPSA) is 60.2 Å². The van der Waals surface area contributed by atoms with Crippen molar-refractivity contribution >= 4 is 0 Å². The minimum Gasteiger partial charge on any atom is -0.493 e. The van der Waals surface area contributed by atoms with E-state index in [4.69, 9.17) is 10.6 Å². The molecule has 1 aromatic heterocycles. The van der Waals surface area contributed by atoms with Crippen molar-refractivity contribution < 1.29 is 4.74 Å². The fraction of sp³-hybridized carbons (Fsp3) is 0.353. The number of aryl methyl sites for hydroxylation is 1. The first-order valence-electron chi connectivity index (χ1n) is 7.37. The molecule has 2 aromatic rings. The molecule has 4 heteroatoms. The van der Waals surface area contributed by atoms with Crippen molar-refractivity contribution in [3.8, 4) is 5.75 Å². The van der Waals surface area contributed by atoms with Crippen LogP contribution in [0.2, 0.25) is 0 Å². The van der Waals surface area contributed by atoms with Crippen molar-refractivity contribution in [2.45, 2.75) is 31.7 Å². The van der Waals surface area contributed by atoms with Crippen LogP contribution in [0, 0.1) is 6.92 Å². The maximum absolute atomic E-state index is 5.78. The summed E-state index contributed by atoms with van der Waals surface area (Å²) in [7, 11) is 0. The second kappa shape index (κ2) is 6.24. The second-order valence-corrected chi connectivity index (χ2v) is 5.62. The molecule has 0 saturated carbocycles. The van der Waals surface area contributed by atoms with Gasteiger partial charge in [-0.3, -0.25) is 16.3 Å². The summed E-state index contributed by atoms with van der Waals surface area (Å²) in [5, 5.41) is 0. The Morgan fingerprint density at radius 3 is 3.05 bits per heavy atom. The molecule has 0 bridgehead atoms. The second-order valence-electron chi connectivity index (χ2n) is 5.62. The van der Waals surface area contributed by atoms with Crippen molar-refractivity contribution in [2.24, 2.45) is 5.84 Å². The van der Waals surface area contributed by atoms with Crippen LogP contribution in [0.1, 0.15) is 41.5 Å². The highest BCUT2D eigenvalue weighted by atomic mass is 16.5. The molecule has 0 fully saturated rings. The molecule has 21 heavy (non-hydrogen) atoms. The minimum absolute atomic E-state index is 0.105. The number of rotatable bonds is 4. The fourth-order valence-corrected chi connectivity index (χ4v) is 3.01. The normalized spacial score (nSPS) is 18.7. The number of hydrogen-bond donors (Lipinski definition) is 2. The Morgan fingerprint density at radius 2 is 2.24 bits per heavy atom. The number of hydrazine groups is 1. The van der Waals surface area contributed by atoms with Gasteiger partial charge in [-0.15, -0.1) is 0 Å². The molecule has 3 rings (SSSR count). The third-order valence-electron chi connectivity index (χ3n) is 4.10. The third kappa shape index (κ3) is 3.06. The zero-order chi connectivity index (χ0) is 14.7. The highest BCUT2D eigenvalue weighted by Gasteiger charge is 2.24. The molecule has 1 aliphatic rings. The molecule has 0 spiro atoms.